The Kier molecular flexibility index (Phi) is 4.55. The first-order valence-electron chi connectivity index (χ1n) is 6.22. The van der Waals surface area contributed by atoms with Gasteiger partial charge < -0.3 is 15.2 Å². The van der Waals surface area contributed by atoms with E-state index in [1.54, 1.807) is 24.4 Å². The van der Waals surface area contributed by atoms with Crippen molar-refractivity contribution >= 4 is 11.7 Å². The van der Waals surface area contributed by atoms with E-state index in [4.69, 9.17) is 15.2 Å². The molecule has 2 rings (SSSR count). The zero-order valence-corrected chi connectivity index (χ0v) is 11.2. The van der Waals surface area contributed by atoms with Gasteiger partial charge in [-0.2, -0.15) is 0 Å². The van der Waals surface area contributed by atoms with Crippen LogP contribution in [-0.2, 0) is 11.2 Å². The SMILES string of the molecule is COc1cccc(C(=O)OCCc2ccccn2)c1N. The first-order valence-corrected chi connectivity index (χ1v) is 6.22. The van der Waals surface area contributed by atoms with E-state index in [-0.39, 0.29) is 12.3 Å². The molecule has 104 valence electrons. The average Bonchev–Trinajstić information content (AvgIpc) is 2.48. The van der Waals surface area contributed by atoms with Gasteiger partial charge in [-0.1, -0.05) is 12.1 Å². The van der Waals surface area contributed by atoms with E-state index in [0.29, 0.717) is 17.7 Å². The number of carbonyl (C=O) groups excluding carboxylic acids is 1. The second kappa shape index (κ2) is 6.56. The molecule has 0 bridgehead atoms. The van der Waals surface area contributed by atoms with E-state index >= 15 is 0 Å². The Bertz CT molecular complexity index is 585. The lowest BCUT2D eigenvalue weighted by Gasteiger charge is -2.09. The number of rotatable bonds is 5. The summed E-state index contributed by atoms with van der Waals surface area (Å²) in [7, 11) is 1.50. The quantitative estimate of drug-likeness (QED) is 0.666. The van der Waals surface area contributed by atoms with Gasteiger partial charge in [-0.25, -0.2) is 4.79 Å². The number of carbonyl (C=O) groups is 1. The maximum atomic E-state index is 11.9. The van der Waals surface area contributed by atoms with E-state index in [1.165, 1.54) is 7.11 Å². The Hall–Kier alpha value is -2.56. The van der Waals surface area contributed by atoms with Crippen LogP contribution in [0, 0.1) is 0 Å². The highest BCUT2D eigenvalue weighted by Crippen LogP contribution is 2.25. The summed E-state index contributed by atoms with van der Waals surface area (Å²) in [4.78, 5) is 16.1. The van der Waals surface area contributed by atoms with Crippen LogP contribution >= 0.6 is 0 Å². The second-order valence-electron chi connectivity index (χ2n) is 4.13. The van der Waals surface area contributed by atoms with E-state index < -0.39 is 5.97 Å². The van der Waals surface area contributed by atoms with Gasteiger partial charge in [0.15, 0.2) is 0 Å². The number of nitrogens with zero attached hydrogens (tertiary/aromatic N) is 1. The van der Waals surface area contributed by atoms with Crippen LogP contribution in [-0.4, -0.2) is 24.7 Å². The van der Waals surface area contributed by atoms with Crippen LogP contribution in [0.15, 0.2) is 42.6 Å². The van der Waals surface area contributed by atoms with Crippen molar-refractivity contribution in [3.63, 3.8) is 0 Å². The molecule has 1 aromatic carbocycles. The summed E-state index contributed by atoms with van der Waals surface area (Å²) in [6.07, 6.45) is 2.27. The number of anilines is 1. The van der Waals surface area contributed by atoms with Gasteiger partial charge in [0, 0.05) is 18.3 Å². The molecule has 0 radical (unpaired) electrons. The van der Waals surface area contributed by atoms with Gasteiger partial charge in [0.1, 0.15) is 5.75 Å². The molecule has 0 spiro atoms. The number of pyridine rings is 1. The molecule has 5 nitrogen and oxygen atoms in total. The molecular weight excluding hydrogens is 256 g/mol. The van der Waals surface area contributed by atoms with Crippen molar-refractivity contribution in [3.05, 3.63) is 53.9 Å². The first kappa shape index (κ1) is 13.9. The number of esters is 1. The molecule has 1 aromatic heterocycles. The third-order valence-electron chi connectivity index (χ3n) is 2.82. The summed E-state index contributed by atoms with van der Waals surface area (Å²) in [6.45, 7) is 0.256. The lowest BCUT2D eigenvalue weighted by Crippen LogP contribution is -2.11. The molecule has 0 saturated carbocycles. The van der Waals surface area contributed by atoms with Gasteiger partial charge in [0.2, 0.25) is 0 Å². The molecule has 2 aromatic rings. The molecule has 0 aliphatic rings. The third kappa shape index (κ3) is 3.26. The van der Waals surface area contributed by atoms with Crippen LogP contribution in [0.3, 0.4) is 0 Å². The topological polar surface area (TPSA) is 74.4 Å². The number of nitrogens with two attached hydrogens (primary N) is 1. The van der Waals surface area contributed by atoms with Gasteiger partial charge in [-0.3, -0.25) is 4.98 Å². The molecule has 0 aliphatic carbocycles. The molecule has 0 fully saturated rings. The number of ether oxygens (including phenoxy) is 2. The molecule has 1 heterocycles. The number of aromatic nitrogens is 1. The van der Waals surface area contributed by atoms with Crippen molar-refractivity contribution in [1.82, 2.24) is 4.98 Å². The second-order valence-corrected chi connectivity index (χ2v) is 4.13. The summed E-state index contributed by atoms with van der Waals surface area (Å²) in [5.74, 6) is 0.00140. The summed E-state index contributed by atoms with van der Waals surface area (Å²) in [5, 5.41) is 0. The summed E-state index contributed by atoms with van der Waals surface area (Å²) < 4.78 is 10.3. The summed E-state index contributed by atoms with van der Waals surface area (Å²) >= 11 is 0. The van der Waals surface area contributed by atoms with Gasteiger partial charge >= 0.3 is 5.97 Å². The number of hydrogen-bond donors (Lipinski definition) is 1. The number of methoxy groups -OCH3 is 1. The predicted octanol–water partition coefficient (Wildman–Crippen LogP) is 2.07. The maximum Gasteiger partial charge on any atom is 0.340 e. The van der Waals surface area contributed by atoms with Gasteiger partial charge in [0.05, 0.1) is 25.0 Å². The van der Waals surface area contributed by atoms with E-state index in [9.17, 15) is 4.79 Å². The minimum absolute atomic E-state index is 0.256. The molecular formula is C15H16N2O3. The predicted molar refractivity (Wildman–Crippen MR) is 75.6 cm³/mol. The fraction of sp³-hybridized carbons (Fsp3) is 0.200. The lowest BCUT2D eigenvalue weighted by molar-refractivity contribution is 0.0509. The highest BCUT2D eigenvalue weighted by atomic mass is 16.5. The van der Waals surface area contributed by atoms with E-state index in [1.807, 2.05) is 18.2 Å². The number of benzene rings is 1. The van der Waals surface area contributed by atoms with Gasteiger partial charge in [-0.15, -0.1) is 0 Å². The molecule has 0 saturated heterocycles. The van der Waals surface area contributed by atoms with Crippen molar-refractivity contribution < 1.29 is 14.3 Å². The van der Waals surface area contributed by atoms with Crippen molar-refractivity contribution in [3.8, 4) is 5.75 Å². The third-order valence-corrected chi connectivity index (χ3v) is 2.82. The number of nitrogen functional groups attached to an aromatic ring is 1. The van der Waals surface area contributed by atoms with Gasteiger partial charge in [0.25, 0.3) is 0 Å². The van der Waals surface area contributed by atoms with Crippen molar-refractivity contribution in [1.29, 1.82) is 0 Å². The zero-order valence-electron chi connectivity index (χ0n) is 11.2. The van der Waals surface area contributed by atoms with Crippen molar-refractivity contribution in [2.75, 3.05) is 19.5 Å². The highest BCUT2D eigenvalue weighted by molar-refractivity contribution is 5.96. The van der Waals surface area contributed by atoms with Crippen LogP contribution in [0.1, 0.15) is 16.1 Å². The molecule has 0 aliphatic heterocycles. The maximum absolute atomic E-state index is 11.9. The van der Waals surface area contributed by atoms with Crippen LogP contribution in [0.25, 0.3) is 0 Å². The minimum atomic E-state index is -0.461. The molecule has 0 atom stereocenters. The minimum Gasteiger partial charge on any atom is -0.495 e. The molecule has 2 N–H and O–H groups in total. The Labute approximate surface area is 117 Å². The molecule has 0 unspecified atom stereocenters. The largest absolute Gasteiger partial charge is 0.495 e. The molecule has 5 heteroatoms. The Morgan fingerprint density at radius 1 is 1.25 bits per heavy atom. The summed E-state index contributed by atoms with van der Waals surface area (Å²) in [6, 6.07) is 10.6. The standard InChI is InChI=1S/C15H16N2O3/c1-19-13-7-4-6-12(14(13)16)15(18)20-10-8-11-5-2-3-9-17-11/h2-7,9H,8,10,16H2,1H3. The van der Waals surface area contributed by atoms with Crippen LogP contribution in [0.4, 0.5) is 5.69 Å². The Morgan fingerprint density at radius 3 is 2.80 bits per heavy atom. The first-order chi connectivity index (χ1) is 9.72. The molecule has 20 heavy (non-hydrogen) atoms. The normalized spacial score (nSPS) is 10.1. The van der Waals surface area contributed by atoms with Crippen LogP contribution in [0.2, 0.25) is 0 Å². The van der Waals surface area contributed by atoms with Crippen molar-refractivity contribution in [2.24, 2.45) is 0 Å². The van der Waals surface area contributed by atoms with Crippen LogP contribution in [0.5, 0.6) is 5.75 Å². The van der Waals surface area contributed by atoms with E-state index in [2.05, 4.69) is 4.98 Å². The number of hydrogen-bond acceptors (Lipinski definition) is 5. The monoisotopic (exact) mass is 272 g/mol. The van der Waals surface area contributed by atoms with Crippen LogP contribution < -0.4 is 10.5 Å². The fourth-order valence-corrected chi connectivity index (χ4v) is 1.77. The Balaban J connectivity index is 1.95. The molecule has 0 amide bonds. The smallest absolute Gasteiger partial charge is 0.340 e. The zero-order chi connectivity index (χ0) is 14.4. The summed E-state index contributed by atoms with van der Waals surface area (Å²) in [5.41, 5.74) is 7.31. The van der Waals surface area contributed by atoms with E-state index in [0.717, 1.165) is 5.69 Å². The van der Waals surface area contributed by atoms with Gasteiger partial charge in [-0.05, 0) is 24.3 Å². The Morgan fingerprint density at radius 2 is 2.10 bits per heavy atom. The lowest BCUT2D eigenvalue weighted by atomic mass is 10.1. The highest BCUT2D eigenvalue weighted by Gasteiger charge is 2.14. The van der Waals surface area contributed by atoms with Crippen molar-refractivity contribution in [2.45, 2.75) is 6.42 Å². The fourth-order valence-electron chi connectivity index (χ4n) is 1.77. The average molecular weight is 272 g/mol. The number of para-hydroxylation sites is 1.